The number of carbonyl (C=O) groups is 1. The largest absolute Gasteiger partial charge is 0.507 e. The van der Waals surface area contributed by atoms with Crippen molar-refractivity contribution in [2.24, 2.45) is 10.9 Å². The fourth-order valence-corrected chi connectivity index (χ4v) is 5.43. The molecule has 192 valence electrons. The molecule has 2 radical (unpaired) electrons. The van der Waals surface area contributed by atoms with Crippen LogP contribution in [0.25, 0.3) is 22.6 Å². The summed E-state index contributed by atoms with van der Waals surface area (Å²) in [5.74, 6) is 0.681. The van der Waals surface area contributed by atoms with Crippen molar-refractivity contribution in [1.29, 1.82) is 0 Å². The minimum absolute atomic E-state index is 0.0484. The van der Waals surface area contributed by atoms with Gasteiger partial charge in [0.1, 0.15) is 19.6 Å². The van der Waals surface area contributed by atoms with Crippen molar-refractivity contribution in [3.05, 3.63) is 107 Å². The van der Waals surface area contributed by atoms with E-state index in [0.29, 0.717) is 17.0 Å². The first-order valence-electron chi connectivity index (χ1n) is 13.3. The van der Waals surface area contributed by atoms with Crippen LogP contribution in [0.4, 0.5) is 0 Å². The molecular weight excluding hydrogens is 483 g/mol. The molecule has 1 aromatic heterocycles. The lowest BCUT2D eigenvalue weighted by molar-refractivity contribution is -0.127. The minimum Gasteiger partial charge on any atom is -0.507 e. The van der Waals surface area contributed by atoms with Gasteiger partial charge in [0.05, 0.1) is 0 Å². The Kier molecular flexibility index (Phi) is 6.83. The molecule has 6 rings (SSSR count). The van der Waals surface area contributed by atoms with Crippen LogP contribution < -0.4 is 5.32 Å². The maximum atomic E-state index is 12.9. The van der Waals surface area contributed by atoms with E-state index in [1.165, 1.54) is 0 Å². The van der Waals surface area contributed by atoms with Crippen LogP contribution in [0.3, 0.4) is 0 Å². The van der Waals surface area contributed by atoms with Crippen LogP contribution in [0.2, 0.25) is 0 Å². The summed E-state index contributed by atoms with van der Waals surface area (Å²) < 4.78 is 0. The molecule has 2 aromatic carbocycles. The Morgan fingerprint density at radius 1 is 1.18 bits per heavy atom. The molecule has 39 heavy (non-hydrogen) atoms. The number of likely N-dealkylation sites (tertiary alicyclic amines) is 1. The number of hydrogen-bond acceptors (Lipinski definition) is 4. The normalized spacial score (nSPS) is 19.4. The molecule has 2 aliphatic heterocycles. The smallest absolute Gasteiger partial charge is 0.246 e. The number of nitrogens with zero attached hydrogens (tertiary/aromatic N) is 2. The second kappa shape index (κ2) is 10.7. The van der Waals surface area contributed by atoms with Gasteiger partial charge in [-0.2, -0.15) is 0 Å². The third-order valence-electron chi connectivity index (χ3n) is 7.71. The SMILES string of the molecule is [B]C1=C2C=C=C(c3ccccc3O)C=C(NCC3CCN(C(=O)/C=C/c4c[nH]c5ccccc45)CC3)C2N=C1. The van der Waals surface area contributed by atoms with Crippen molar-refractivity contribution >= 4 is 42.5 Å². The Hall–Kier alpha value is -4.48. The third kappa shape index (κ3) is 5.14. The number of rotatable bonds is 6. The number of H-pyrrole nitrogens is 1. The predicted octanol–water partition coefficient (Wildman–Crippen LogP) is 4.73. The van der Waals surface area contributed by atoms with Crippen LogP contribution in [0.5, 0.6) is 5.75 Å². The Bertz CT molecular complexity index is 1610. The Labute approximate surface area is 229 Å². The average molecular weight is 512 g/mol. The van der Waals surface area contributed by atoms with Crippen molar-refractivity contribution in [2.75, 3.05) is 19.6 Å². The molecule has 7 heteroatoms. The number of hydrogen-bond donors (Lipinski definition) is 3. The van der Waals surface area contributed by atoms with E-state index in [-0.39, 0.29) is 17.7 Å². The summed E-state index contributed by atoms with van der Waals surface area (Å²) in [7, 11) is 6.20. The lowest BCUT2D eigenvalue weighted by atomic mass is 9.89. The van der Waals surface area contributed by atoms with E-state index in [2.05, 4.69) is 27.1 Å². The molecule has 1 amide bonds. The molecule has 3 aliphatic rings. The highest BCUT2D eigenvalue weighted by molar-refractivity contribution is 6.34. The maximum absolute atomic E-state index is 12.9. The van der Waals surface area contributed by atoms with Gasteiger partial charge in [-0.15, -0.1) is 5.73 Å². The fraction of sp³-hybridized carbons (Fsp3) is 0.219. The van der Waals surface area contributed by atoms with Gasteiger partial charge in [-0.3, -0.25) is 9.79 Å². The van der Waals surface area contributed by atoms with Crippen LogP contribution in [-0.4, -0.2) is 60.6 Å². The number of aromatic hydroxyl groups is 1. The van der Waals surface area contributed by atoms with E-state index in [1.807, 2.05) is 59.7 Å². The number of aromatic amines is 1. The topological polar surface area (TPSA) is 80.7 Å². The van der Waals surface area contributed by atoms with Gasteiger partial charge in [0.15, 0.2) is 0 Å². The average Bonchev–Trinajstić information content (AvgIpc) is 3.49. The van der Waals surface area contributed by atoms with Gasteiger partial charge in [0, 0.05) is 65.9 Å². The van der Waals surface area contributed by atoms with Crippen molar-refractivity contribution < 1.29 is 9.90 Å². The van der Waals surface area contributed by atoms with E-state index >= 15 is 0 Å². The van der Waals surface area contributed by atoms with Gasteiger partial charge in [0.25, 0.3) is 0 Å². The maximum Gasteiger partial charge on any atom is 0.246 e. The van der Waals surface area contributed by atoms with E-state index < -0.39 is 0 Å². The standard InChI is InChI=1S/C32H29BN4O2/c33-27-20-36-32-26(27)11-9-22(25-6-2-4-8-30(25)38)17-29(32)34-18-21-13-15-37(16-14-21)31(39)12-10-23-19-35-28-7-3-1-5-24(23)28/h1-8,10-12,17,19-21,32,34-35,38H,13-16,18H2/b12-10+. The summed E-state index contributed by atoms with van der Waals surface area (Å²) in [6.07, 6.45) is 12.9. The molecule has 1 unspecified atom stereocenters. The molecule has 3 N–H and O–H groups in total. The van der Waals surface area contributed by atoms with Gasteiger partial charge in [-0.25, -0.2) is 0 Å². The van der Waals surface area contributed by atoms with E-state index in [4.69, 9.17) is 7.85 Å². The lowest BCUT2D eigenvalue weighted by Crippen LogP contribution is -2.40. The Balaban J connectivity index is 1.09. The zero-order valence-corrected chi connectivity index (χ0v) is 21.6. The quantitative estimate of drug-likeness (QED) is 0.254. The van der Waals surface area contributed by atoms with Crippen LogP contribution in [-0.2, 0) is 4.79 Å². The fourth-order valence-electron chi connectivity index (χ4n) is 5.43. The first-order valence-corrected chi connectivity index (χ1v) is 13.3. The number of fused-ring (bicyclic) bond motifs is 2. The molecular formula is C32H29BN4O2. The number of carbonyl (C=O) groups excluding carboxylic acids is 1. The molecule has 3 aromatic rings. The summed E-state index contributed by atoms with van der Waals surface area (Å²) in [6.45, 7) is 2.23. The van der Waals surface area contributed by atoms with Crippen LogP contribution in [0.1, 0.15) is 24.0 Å². The first-order chi connectivity index (χ1) is 19.1. The number of nitrogens with one attached hydrogen (secondary N) is 2. The van der Waals surface area contributed by atoms with E-state index in [0.717, 1.165) is 65.8 Å². The highest BCUT2D eigenvalue weighted by atomic mass is 16.3. The first kappa shape index (κ1) is 24.8. The zero-order valence-electron chi connectivity index (χ0n) is 21.6. The van der Waals surface area contributed by atoms with Crippen molar-refractivity contribution in [3.8, 4) is 5.75 Å². The molecule has 1 atom stereocenters. The van der Waals surface area contributed by atoms with E-state index in [1.54, 1.807) is 24.4 Å². The highest BCUT2D eigenvalue weighted by Gasteiger charge is 2.26. The second-order valence-electron chi connectivity index (χ2n) is 10.2. The summed E-state index contributed by atoms with van der Waals surface area (Å²) >= 11 is 0. The van der Waals surface area contributed by atoms with Gasteiger partial charge in [0.2, 0.25) is 5.91 Å². The molecule has 6 nitrogen and oxygen atoms in total. The number of aliphatic imine (C=N–C) groups is 1. The number of amides is 1. The monoisotopic (exact) mass is 512 g/mol. The number of allylic oxidation sites excluding steroid dienone is 2. The molecule has 1 fully saturated rings. The summed E-state index contributed by atoms with van der Waals surface area (Å²) in [4.78, 5) is 22.7. The Morgan fingerprint density at radius 3 is 2.82 bits per heavy atom. The van der Waals surface area contributed by atoms with Gasteiger partial charge in [-0.1, -0.05) is 41.9 Å². The zero-order chi connectivity index (χ0) is 26.8. The minimum atomic E-state index is -0.211. The molecule has 0 spiro atoms. The summed E-state index contributed by atoms with van der Waals surface area (Å²) in [5.41, 5.74) is 9.35. The van der Waals surface area contributed by atoms with Crippen molar-refractivity contribution in [1.82, 2.24) is 15.2 Å². The van der Waals surface area contributed by atoms with Crippen molar-refractivity contribution in [3.63, 3.8) is 0 Å². The number of aromatic nitrogens is 1. The van der Waals surface area contributed by atoms with Crippen LogP contribution in [0, 0.1) is 5.92 Å². The number of benzene rings is 2. The summed E-state index contributed by atoms with van der Waals surface area (Å²) in [5, 5.41) is 15.1. The molecule has 0 bridgehead atoms. The second-order valence-corrected chi connectivity index (χ2v) is 10.2. The molecule has 1 aliphatic carbocycles. The molecule has 0 saturated carbocycles. The Morgan fingerprint density at radius 2 is 1.97 bits per heavy atom. The van der Waals surface area contributed by atoms with Crippen LogP contribution >= 0.6 is 0 Å². The van der Waals surface area contributed by atoms with E-state index in [9.17, 15) is 9.90 Å². The number of phenols is 1. The predicted molar refractivity (Wildman–Crippen MR) is 157 cm³/mol. The van der Waals surface area contributed by atoms with Gasteiger partial charge >= 0.3 is 0 Å². The third-order valence-corrected chi connectivity index (χ3v) is 7.71. The van der Waals surface area contributed by atoms with Gasteiger partial charge in [-0.05, 0) is 60.3 Å². The highest BCUT2D eigenvalue weighted by Crippen LogP contribution is 2.32. The van der Waals surface area contributed by atoms with Crippen molar-refractivity contribution in [2.45, 2.75) is 18.9 Å². The number of para-hydroxylation sites is 2. The number of phenolic OH excluding ortho intramolecular Hbond substituents is 1. The van der Waals surface area contributed by atoms with Gasteiger partial charge < -0.3 is 20.3 Å². The summed E-state index contributed by atoms with van der Waals surface area (Å²) in [6, 6.07) is 15.1. The molecule has 3 heterocycles. The molecule has 1 saturated heterocycles. The van der Waals surface area contributed by atoms with Crippen LogP contribution in [0.15, 0.2) is 100 Å². The lowest BCUT2D eigenvalue weighted by Gasteiger charge is -2.32. The number of piperidine rings is 1.